The van der Waals surface area contributed by atoms with E-state index in [1.807, 2.05) is 30.3 Å². The van der Waals surface area contributed by atoms with E-state index in [9.17, 15) is 10.2 Å². The Morgan fingerprint density at radius 3 is 2.84 bits per heavy atom. The highest BCUT2D eigenvalue weighted by molar-refractivity contribution is 5.95. The minimum absolute atomic E-state index is 0.0645. The fraction of sp³-hybridized carbons (Fsp3) is 0.517. The number of aromatic hydroxyl groups is 1. The van der Waals surface area contributed by atoms with Crippen LogP contribution in [-0.2, 0) is 13.0 Å². The fourth-order valence-electron chi connectivity index (χ4n) is 6.81. The zero-order valence-corrected chi connectivity index (χ0v) is 21.9. The van der Waals surface area contributed by atoms with Crippen LogP contribution in [0.25, 0.3) is 10.8 Å². The Kier molecular flexibility index (Phi) is 6.02. The second-order valence-corrected chi connectivity index (χ2v) is 11.4. The number of aliphatic hydroxyl groups excluding tert-OH is 1. The molecule has 0 amide bonds. The minimum Gasteiger partial charge on any atom is -0.508 e. The predicted molar refractivity (Wildman–Crippen MR) is 147 cm³/mol. The quantitative estimate of drug-likeness (QED) is 0.472. The molecule has 1 aromatic heterocycles. The lowest BCUT2D eigenvalue weighted by molar-refractivity contribution is 0.162. The maximum absolute atomic E-state index is 10.5. The number of nitrogens with zero attached hydrogens (tertiary/aromatic N) is 5. The third-order valence-corrected chi connectivity index (χ3v) is 8.86. The Bertz CT molecular complexity index is 1350. The number of rotatable bonds is 5. The third-order valence-electron chi connectivity index (χ3n) is 8.86. The molecule has 9 nitrogen and oxygen atoms in total. The summed E-state index contributed by atoms with van der Waals surface area (Å²) in [6.07, 6.45) is 3.60. The number of phenolic OH excluding ortho intramolecular Hbond substituents is 1. The van der Waals surface area contributed by atoms with E-state index in [2.05, 4.69) is 33.1 Å². The summed E-state index contributed by atoms with van der Waals surface area (Å²) in [5, 5.41) is 26.6. The number of nitrogens with one attached hydrogen (secondary N) is 1. The summed E-state index contributed by atoms with van der Waals surface area (Å²) < 4.78 is 6.26. The fourth-order valence-corrected chi connectivity index (χ4v) is 6.81. The maximum Gasteiger partial charge on any atom is 0.318 e. The van der Waals surface area contributed by atoms with Crippen LogP contribution in [0.4, 0.5) is 11.5 Å². The molecule has 0 radical (unpaired) electrons. The SMILES string of the molecule is CN1CCC[C@H]1COc1nc2c(c(N3CC4C[C@@H](O)C(C3)N4)n1)CCN(c1cc(O)cc3ccccc13)C2. The maximum atomic E-state index is 10.5. The van der Waals surface area contributed by atoms with Crippen LogP contribution >= 0.6 is 0 Å². The van der Waals surface area contributed by atoms with Crippen molar-refractivity contribution in [3.8, 4) is 11.8 Å². The van der Waals surface area contributed by atoms with Crippen LogP contribution in [0.2, 0.25) is 0 Å². The van der Waals surface area contributed by atoms with Crippen LogP contribution in [0.3, 0.4) is 0 Å². The van der Waals surface area contributed by atoms with E-state index in [0.717, 1.165) is 73.4 Å². The molecule has 2 aromatic carbocycles. The molecule has 4 aliphatic heterocycles. The number of piperazine rings is 1. The van der Waals surface area contributed by atoms with Crippen LogP contribution in [0, 0.1) is 0 Å². The van der Waals surface area contributed by atoms with E-state index in [1.54, 1.807) is 0 Å². The van der Waals surface area contributed by atoms with Crippen molar-refractivity contribution in [2.45, 2.75) is 56.5 Å². The summed E-state index contributed by atoms with van der Waals surface area (Å²) >= 11 is 0. The molecule has 0 saturated carbocycles. The molecule has 2 unspecified atom stereocenters. The van der Waals surface area contributed by atoms with Crippen LogP contribution in [0.15, 0.2) is 36.4 Å². The van der Waals surface area contributed by atoms with Gasteiger partial charge >= 0.3 is 6.01 Å². The molecule has 3 fully saturated rings. The van der Waals surface area contributed by atoms with Crippen LogP contribution in [0.5, 0.6) is 11.8 Å². The van der Waals surface area contributed by atoms with Gasteiger partial charge in [0, 0.05) is 54.4 Å². The standard InChI is InChI=1S/C29H36N6O3/c1-33-9-4-6-20(33)17-38-29-31-24-15-34(26-13-21(36)11-18-5-2-3-7-22(18)26)10-8-23(24)28(32-29)35-14-19-12-27(37)25(16-35)30-19/h2-3,5,7,11,13,19-20,25,27,30,36-37H,4,6,8-10,12,14-17H2,1H3/t19?,20-,25?,27+/m0/s1. The summed E-state index contributed by atoms with van der Waals surface area (Å²) in [4.78, 5) is 16.9. The highest BCUT2D eigenvalue weighted by Crippen LogP contribution is 2.37. The van der Waals surface area contributed by atoms with Crippen molar-refractivity contribution in [3.63, 3.8) is 0 Å². The van der Waals surface area contributed by atoms with Gasteiger partial charge in [-0.1, -0.05) is 24.3 Å². The smallest absolute Gasteiger partial charge is 0.318 e. The summed E-state index contributed by atoms with van der Waals surface area (Å²) in [6, 6.07) is 13.0. The number of ether oxygens (including phenoxy) is 1. The van der Waals surface area contributed by atoms with Crippen LogP contribution < -0.4 is 19.9 Å². The van der Waals surface area contributed by atoms with Gasteiger partial charge in [0.2, 0.25) is 0 Å². The number of likely N-dealkylation sites (tertiary alicyclic amines) is 1. The predicted octanol–water partition coefficient (Wildman–Crippen LogP) is 2.28. The summed E-state index contributed by atoms with van der Waals surface area (Å²) in [5.74, 6) is 1.23. The molecule has 4 atom stereocenters. The largest absolute Gasteiger partial charge is 0.508 e. The molecule has 7 rings (SSSR count). The Balaban J connectivity index is 1.23. The van der Waals surface area contributed by atoms with E-state index >= 15 is 0 Å². The van der Waals surface area contributed by atoms with Gasteiger partial charge in [-0.15, -0.1) is 0 Å². The molecule has 0 aliphatic carbocycles. The average molecular weight is 517 g/mol. The lowest BCUT2D eigenvalue weighted by atomic mass is 10.0. The van der Waals surface area contributed by atoms with Gasteiger partial charge in [-0.25, -0.2) is 0 Å². The van der Waals surface area contributed by atoms with Crippen molar-refractivity contribution in [1.29, 1.82) is 0 Å². The van der Waals surface area contributed by atoms with E-state index in [-0.39, 0.29) is 23.9 Å². The van der Waals surface area contributed by atoms with Gasteiger partial charge in [-0.2, -0.15) is 9.97 Å². The molecule has 0 spiro atoms. The first-order chi connectivity index (χ1) is 18.5. The first kappa shape index (κ1) is 23.9. The Labute approximate surface area is 223 Å². The van der Waals surface area contributed by atoms with E-state index in [0.29, 0.717) is 25.2 Å². The van der Waals surface area contributed by atoms with Crippen LogP contribution in [0.1, 0.15) is 30.5 Å². The molecule has 3 N–H and O–H groups in total. The monoisotopic (exact) mass is 516 g/mol. The molecular formula is C29H36N6O3. The van der Waals surface area contributed by atoms with Crippen molar-refractivity contribution in [1.82, 2.24) is 20.2 Å². The molecule has 4 aliphatic rings. The Morgan fingerprint density at radius 1 is 1.11 bits per heavy atom. The molecule has 9 heteroatoms. The minimum atomic E-state index is -0.314. The second kappa shape index (κ2) is 9.55. The van der Waals surface area contributed by atoms with Gasteiger partial charge in [0.05, 0.1) is 24.4 Å². The number of anilines is 2. The molecule has 200 valence electrons. The van der Waals surface area contributed by atoms with Gasteiger partial charge in [-0.05, 0) is 50.7 Å². The van der Waals surface area contributed by atoms with E-state index in [4.69, 9.17) is 14.7 Å². The zero-order chi connectivity index (χ0) is 25.8. The van der Waals surface area contributed by atoms with Crippen molar-refractivity contribution in [2.75, 3.05) is 49.6 Å². The van der Waals surface area contributed by atoms with Crippen molar-refractivity contribution in [2.24, 2.45) is 0 Å². The average Bonchev–Trinajstić information content (AvgIpc) is 3.45. The Hall–Kier alpha value is -3.14. The number of phenols is 1. The number of aromatic nitrogens is 2. The summed E-state index contributed by atoms with van der Waals surface area (Å²) in [7, 11) is 2.15. The number of hydrogen-bond donors (Lipinski definition) is 3. The lowest BCUT2D eigenvalue weighted by Crippen LogP contribution is -2.53. The first-order valence-corrected chi connectivity index (χ1v) is 13.9. The molecular weight excluding hydrogens is 480 g/mol. The van der Waals surface area contributed by atoms with Crippen LogP contribution in [-0.4, -0.2) is 89.1 Å². The molecule has 2 bridgehead atoms. The normalized spacial score (nSPS) is 27.2. The van der Waals surface area contributed by atoms with Gasteiger partial charge in [0.25, 0.3) is 0 Å². The lowest BCUT2D eigenvalue weighted by Gasteiger charge is -2.37. The van der Waals surface area contributed by atoms with Gasteiger partial charge < -0.3 is 35.0 Å². The third kappa shape index (κ3) is 4.32. The van der Waals surface area contributed by atoms with Crippen molar-refractivity contribution >= 4 is 22.3 Å². The number of fused-ring (bicyclic) bond motifs is 4. The highest BCUT2D eigenvalue weighted by Gasteiger charge is 2.40. The summed E-state index contributed by atoms with van der Waals surface area (Å²) in [6.45, 7) is 4.67. The molecule has 3 saturated heterocycles. The van der Waals surface area contributed by atoms with Crippen molar-refractivity contribution < 1.29 is 14.9 Å². The molecule has 3 aromatic rings. The zero-order valence-electron chi connectivity index (χ0n) is 21.9. The van der Waals surface area contributed by atoms with Crippen molar-refractivity contribution in [3.05, 3.63) is 47.7 Å². The van der Waals surface area contributed by atoms with E-state index in [1.165, 1.54) is 12.0 Å². The first-order valence-electron chi connectivity index (χ1n) is 13.9. The van der Waals surface area contributed by atoms with E-state index < -0.39 is 0 Å². The number of likely N-dealkylation sites (N-methyl/N-ethyl adjacent to an activating group) is 1. The van der Waals surface area contributed by atoms with Gasteiger partial charge in [-0.3, -0.25) is 0 Å². The topological polar surface area (TPSA) is 97.2 Å². The summed E-state index contributed by atoms with van der Waals surface area (Å²) in [5.41, 5.74) is 3.17. The van der Waals surface area contributed by atoms with Gasteiger partial charge in [0.1, 0.15) is 18.2 Å². The number of aliphatic hydroxyl groups is 1. The Morgan fingerprint density at radius 2 is 2.00 bits per heavy atom. The molecule has 5 heterocycles. The second-order valence-electron chi connectivity index (χ2n) is 11.4. The highest BCUT2D eigenvalue weighted by atomic mass is 16.5. The number of hydrogen-bond acceptors (Lipinski definition) is 9. The molecule has 38 heavy (non-hydrogen) atoms. The number of benzene rings is 2. The van der Waals surface area contributed by atoms with Gasteiger partial charge in [0.15, 0.2) is 0 Å².